The normalized spacial score (nSPS) is 10.6. The Morgan fingerprint density at radius 1 is 1.30 bits per heavy atom. The number of anilines is 1. The standard InChI is InChI=1S/C16H21N3O/c1-11-6-5-7-14(10-11)17-16(20)9-8-15-12(2)18-19(4)13(15)3/h5-7,10H,8-9H2,1-4H3,(H,17,20). The number of carbonyl (C=O) groups is 1. The Balaban J connectivity index is 1.96. The molecule has 0 aliphatic heterocycles. The topological polar surface area (TPSA) is 46.9 Å². The summed E-state index contributed by atoms with van der Waals surface area (Å²) in [5.41, 5.74) is 5.31. The summed E-state index contributed by atoms with van der Waals surface area (Å²) >= 11 is 0. The fourth-order valence-electron chi connectivity index (χ4n) is 2.36. The molecule has 2 rings (SSSR count). The number of carbonyl (C=O) groups excluding carboxylic acids is 1. The monoisotopic (exact) mass is 271 g/mol. The molecular weight excluding hydrogens is 250 g/mol. The highest BCUT2D eigenvalue weighted by molar-refractivity contribution is 5.90. The number of aromatic nitrogens is 2. The number of hydrogen-bond acceptors (Lipinski definition) is 2. The molecule has 0 aliphatic carbocycles. The van der Waals surface area contributed by atoms with Gasteiger partial charge in [0.2, 0.25) is 5.91 Å². The third-order valence-corrected chi connectivity index (χ3v) is 3.56. The van der Waals surface area contributed by atoms with Crippen LogP contribution >= 0.6 is 0 Å². The molecule has 0 saturated heterocycles. The molecule has 1 aromatic carbocycles. The van der Waals surface area contributed by atoms with Crippen molar-refractivity contribution in [3.05, 3.63) is 46.8 Å². The van der Waals surface area contributed by atoms with E-state index in [0.717, 1.165) is 29.1 Å². The summed E-state index contributed by atoms with van der Waals surface area (Å²) in [5.74, 6) is 0.0400. The smallest absolute Gasteiger partial charge is 0.224 e. The van der Waals surface area contributed by atoms with E-state index in [9.17, 15) is 4.79 Å². The van der Waals surface area contributed by atoms with Crippen LogP contribution in [0.5, 0.6) is 0 Å². The predicted octanol–water partition coefficient (Wildman–Crippen LogP) is 2.92. The molecule has 0 fully saturated rings. The van der Waals surface area contributed by atoms with E-state index in [0.29, 0.717) is 6.42 Å². The van der Waals surface area contributed by atoms with Crippen LogP contribution in [0, 0.1) is 20.8 Å². The van der Waals surface area contributed by atoms with Gasteiger partial charge >= 0.3 is 0 Å². The molecule has 0 aliphatic rings. The van der Waals surface area contributed by atoms with Gasteiger partial charge in [-0.3, -0.25) is 9.48 Å². The van der Waals surface area contributed by atoms with E-state index in [-0.39, 0.29) is 5.91 Å². The summed E-state index contributed by atoms with van der Waals surface area (Å²) in [7, 11) is 1.93. The van der Waals surface area contributed by atoms with Crippen LogP contribution in [0.4, 0.5) is 5.69 Å². The summed E-state index contributed by atoms with van der Waals surface area (Å²) < 4.78 is 1.86. The van der Waals surface area contributed by atoms with Crippen molar-refractivity contribution < 1.29 is 4.79 Å². The van der Waals surface area contributed by atoms with Crippen molar-refractivity contribution in [3.63, 3.8) is 0 Å². The number of aryl methyl sites for hydroxylation is 3. The van der Waals surface area contributed by atoms with E-state index in [2.05, 4.69) is 10.4 Å². The molecule has 4 heteroatoms. The average molecular weight is 271 g/mol. The third kappa shape index (κ3) is 3.26. The second-order valence-corrected chi connectivity index (χ2v) is 5.19. The van der Waals surface area contributed by atoms with Gasteiger partial charge in [0.05, 0.1) is 5.69 Å². The van der Waals surface area contributed by atoms with E-state index >= 15 is 0 Å². The van der Waals surface area contributed by atoms with Crippen molar-refractivity contribution in [1.29, 1.82) is 0 Å². The van der Waals surface area contributed by atoms with Crippen LogP contribution in [-0.2, 0) is 18.3 Å². The largest absolute Gasteiger partial charge is 0.326 e. The number of nitrogens with zero attached hydrogens (tertiary/aromatic N) is 2. The molecule has 1 N–H and O–H groups in total. The zero-order chi connectivity index (χ0) is 14.7. The first-order valence-corrected chi connectivity index (χ1v) is 6.83. The Morgan fingerprint density at radius 3 is 2.65 bits per heavy atom. The fourth-order valence-corrected chi connectivity index (χ4v) is 2.36. The van der Waals surface area contributed by atoms with Crippen molar-refractivity contribution in [3.8, 4) is 0 Å². The number of benzene rings is 1. The lowest BCUT2D eigenvalue weighted by molar-refractivity contribution is -0.116. The maximum absolute atomic E-state index is 12.0. The lowest BCUT2D eigenvalue weighted by Crippen LogP contribution is -2.12. The minimum Gasteiger partial charge on any atom is -0.326 e. The Labute approximate surface area is 119 Å². The van der Waals surface area contributed by atoms with Gasteiger partial charge in [-0.25, -0.2) is 0 Å². The van der Waals surface area contributed by atoms with Crippen molar-refractivity contribution >= 4 is 11.6 Å². The zero-order valence-corrected chi connectivity index (χ0v) is 12.5. The first-order valence-electron chi connectivity index (χ1n) is 6.83. The Hall–Kier alpha value is -2.10. The van der Waals surface area contributed by atoms with E-state index in [1.165, 1.54) is 5.56 Å². The molecule has 0 bridgehead atoms. The maximum atomic E-state index is 12.0. The van der Waals surface area contributed by atoms with Gasteiger partial charge < -0.3 is 5.32 Å². The Morgan fingerprint density at radius 2 is 2.05 bits per heavy atom. The molecule has 4 nitrogen and oxygen atoms in total. The Bertz CT molecular complexity index is 629. The first-order chi connectivity index (χ1) is 9.47. The van der Waals surface area contributed by atoms with Gasteiger partial charge in [0.1, 0.15) is 0 Å². The molecule has 0 radical (unpaired) electrons. The number of amides is 1. The van der Waals surface area contributed by atoms with Crippen LogP contribution in [-0.4, -0.2) is 15.7 Å². The molecule has 20 heavy (non-hydrogen) atoms. The van der Waals surface area contributed by atoms with Crippen molar-refractivity contribution in [2.45, 2.75) is 33.6 Å². The molecule has 0 saturated carbocycles. The van der Waals surface area contributed by atoms with Gasteiger partial charge in [-0.15, -0.1) is 0 Å². The highest BCUT2D eigenvalue weighted by Crippen LogP contribution is 2.15. The molecular formula is C16H21N3O. The summed E-state index contributed by atoms with van der Waals surface area (Å²) in [6.45, 7) is 6.03. The number of hydrogen-bond donors (Lipinski definition) is 1. The van der Waals surface area contributed by atoms with Crippen LogP contribution in [0.2, 0.25) is 0 Å². The van der Waals surface area contributed by atoms with Crippen LogP contribution < -0.4 is 5.32 Å². The molecule has 0 unspecified atom stereocenters. The molecule has 0 spiro atoms. The van der Waals surface area contributed by atoms with Gasteiger partial charge in [-0.05, 0) is 50.5 Å². The third-order valence-electron chi connectivity index (χ3n) is 3.56. The number of nitrogens with one attached hydrogen (secondary N) is 1. The van der Waals surface area contributed by atoms with Crippen LogP contribution in [0.25, 0.3) is 0 Å². The predicted molar refractivity (Wildman–Crippen MR) is 80.8 cm³/mol. The quantitative estimate of drug-likeness (QED) is 0.929. The Kier molecular flexibility index (Phi) is 4.23. The van der Waals surface area contributed by atoms with E-state index in [1.807, 2.05) is 56.8 Å². The van der Waals surface area contributed by atoms with Crippen LogP contribution in [0.15, 0.2) is 24.3 Å². The average Bonchev–Trinajstić information content (AvgIpc) is 2.61. The zero-order valence-electron chi connectivity index (χ0n) is 12.5. The minimum atomic E-state index is 0.0400. The molecule has 106 valence electrons. The highest BCUT2D eigenvalue weighted by Gasteiger charge is 2.11. The summed E-state index contributed by atoms with van der Waals surface area (Å²) in [6.07, 6.45) is 1.20. The van der Waals surface area contributed by atoms with E-state index in [1.54, 1.807) is 0 Å². The van der Waals surface area contributed by atoms with Gasteiger partial charge in [0.25, 0.3) is 0 Å². The van der Waals surface area contributed by atoms with Gasteiger partial charge in [-0.1, -0.05) is 12.1 Å². The van der Waals surface area contributed by atoms with E-state index < -0.39 is 0 Å². The maximum Gasteiger partial charge on any atom is 0.224 e. The van der Waals surface area contributed by atoms with Crippen LogP contribution in [0.1, 0.15) is 28.9 Å². The van der Waals surface area contributed by atoms with Crippen molar-refractivity contribution in [2.75, 3.05) is 5.32 Å². The van der Waals surface area contributed by atoms with Crippen LogP contribution in [0.3, 0.4) is 0 Å². The second kappa shape index (κ2) is 5.90. The minimum absolute atomic E-state index is 0.0400. The highest BCUT2D eigenvalue weighted by atomic mass is 16.1. The summed E-state index contributed by atoms with van der Waals surface area (Å²) in [6, 6.07) is 7.84. The van der Waals surface area contributed by atoms with E-state index in [4.69, 9.17) is 0 Å². The number of rotatable bonds is 4. The molecule has 1 aromatic heterocycles. The first kappa shape index (κ1) is 14.3. The lowest BCUT2D eigenvalue weighted by atomic mass is 10.1. The van der Waals surface area contributed by atoms with Gasteiger partial charge in [0, 0.05) is 24.8 Å². The van der Waals surface area contributed by atoms with Gasteiger partial charge in [0.15, 0.2) is 0 Å². The van der Waals surface area contributed by atoms with Crippen molar-refractivity contribution in [2.24, 2.45) is 7.05 Å². The summed E-state index contributed by atoms with van der Waals surface area (Å²) in [5, 5.41) is 7.30. The molecule has 1 heterocycles. The fraction of sp³-hybridized carbons (Fsp3) is 0.375. The summed E-state index contributed by atoms with van der Waals surface area (Å²) in [4.78, 5) is 12.0. The van der Waals surface area contributed by atoms with Gasteiger partial charge in [-0.2, -0.15) is 5.10 Å². The molecule has 0 atom stereocenters. The SMILES string of the molecule is Cc1cccc(NC(=O)CCc2c(C)nn(C)c2C)c1. The molecule has 1 amide bonds. The van der Waals surface area contributed by atoms with Crippen molar-refractivity contribution in [1.82, 2.24) is 9.78 Å². The lowest BCUT2D eigenvalue weighted by Gasteiger charge is -2.06. The molecule has 2 aromatic rings. The second-order valence-electron chi connectivity index (χ2n) is 5.19.